The van der Waals surface area contributed by atoms with Gasteiger partial charge in [0.2, 0.25) is 29.5 Å². The van der Waals surface area contributed by atoms with Crippen molar-refractivity contribution in [1.82, 2.24) is 30.7 Å². The number of carbonyl (C=O) groups is 7. The van der Waals surface area contributed by atoms with E-state index in [4.69, 9.17) is 4.74 Å². The summed E-state index contributed by atoms with van der Waals surface area (Å²) in [6.07, 6.45) is 2.59. The van der Waals surface area contributed by atoms with Crippen molar-refractivity contribution in [2.24, 2.45) is 5.92 Å². The summed E-state index contributed by atoms with van der Waals surface area (Å²) in [4.78, 5) is 103. The van der Waals surface area contributed by atoms with E-state index in [2.05, 4.69) is 21.3 Å². The largest absolute Gasteiger partial charge is 0.458 e. The van der Waals surface area contributed by atoms with E-state index in [9.17, 15) is 33.6 Å². The second kappa shape index (κ2) is 18.4. The lowest BCUT2D eigenvalue weighted by Crippen LogP contribution is -2.63. The minimum absolute atomic E-state index is 0.0556. The van der Waals surface area contributed by atoms with Crippen molar-refractivity contribution in [3.63, 3.8) is 0 Å². The van der Waals surface area contributed by atoms with Crippen molar-refractivity contribution in [2.45, 2.75) is 128 Å². The van der Waals surface area contributed by atoms with Gasteiger partial charge in [-0.15, -0.1) is 0 Å². The molecule has 4 heterocycles. The summed E-state index contributed by atoms with van der Waals surface area (Å²) in [5.74, 6) is -3.45. The summed E-state index contributed by atoms with van der Waals surface area (Å²) < 4.78 is 5.98. The quantitative estimate of drug-likeness (QED) is 0.308. The fraction of sp³-hybridized carbons (Fsp3) is 0.558. The number of nitrogens with one attached hydrogen (secondary N) is 4. The van der Waals surface area contributed by atoms with Crippen molar-refractivity contribution in [1.29, 1.82) is 0 Å². The summed E-state index contributed by atoms with van der Waals surface area (Å²) in [5.41, 5.74) is 3.33. The SMILES string of the molecule is CCc1ccc(NC(=O)N[C@@H](Cc2cccc(C)c2)C(=O)N[C@@H]2C(=O)N3CCC[C@H]3C(=O)N3CCCC[C@H]3C(=O)N[C@@H](C)C(=O)N3C[C@H](C)C[C@H]3C(=O)O[C@H]2C)cc1. The Bertz CT molecular complexity index is 1890. The van der Waals surface area contributed by atoms with Crippen molar-refractivity contribution in [2.75, 3.05) is 25.0 Å². The van der Waals surface area contributed by atoms with E-state index in [1.165, 1.54) is 21.6 Å². The Morgan fingerprint density at radius 1 is 0.828 bits per heavy atom. The Morgan fingerprint density at radius 3 is 2.26 bits per heavy atom. The van der Waals surface area contributed by atoms with E-state index in [0.717, 1.165) is 23.1 Å². The highest BCUT2D eigenvalue weighted by Crippen LogP contribution is 2.29. The molecule has 6 rings (SSSR count). The molecule has 8 atom stereocenters. The Morgan fingerprint density at radius 2 is 1.53 bits per heavy atom. The van der Waals surface area contributed by atoms with Crippen LogP contribution >= 0.6 is 0 Å². The van der Waals surface area contributed by atoms with Gasteiger partial charge in [0.05, 0.1) is 0 Å². The van der Waals surface area contributed by atoms with Crippen LogP contribution in [0.1, 0.15) is 82.9 Å². The Labute approximate surface area is 340 Å². The lowest BCUT2D eigenvalue weighted by atomic mass is 9.99. The number of ether oxygens (including phenoxy) is 1. The smallest absolute Gasteiger partial charge is 0.329 e. The molecule has 58 heavy (non-hydrogen) atoms. The zero-order valence-corrected chi connectivity index (χ0v) is 34.1. The molecule has 15 heteroatoms. The number of carbonyl (C=O) groups excluding carboxylic acids is 7. The number of hydrogen-bond acceptors (Lipinski definition) is 8. The number of benzene rings is 2. The summed E-state index contributed by atoms with van der Waals surface area (Å²) in [6, 6.07) is 7.84. The first-order valence-electron chi connectivity index (χ1n) is 20.7. The van der Waals surface area contributed by atoms with Crippen molar-refractivity contribution >= 4 is 47.2 Å². The van der Waals surface area contributed by atoms with Gasteiger partial charge in [0, 0.05) is 31.7 Å². The fourth-order valence-corrected chi connectivity index (χ4v) is 8.66. The predicted molar refractivity (Wildman–Crippen MR) is 215 cm³/mol. The number of piperidine rings is 1. The van der Waals surface area contributed by atoms with E-state index in [-0.39, 0.29) is 31.3 Å². The maximum atomic E-state index is 14.8. The highest BCUT2D eigenvalue weighted by molar-refractivity contribution is 5.98. The molecule has 4 aliphatic rings. The van der Waals surface area contributed by atoms with E-state index in [0.29, 0.717) is 50.8 Å². The van der Waals surface area contributed by atoms with E-state index in [1.54, 1.807) is 19.1 Å². The van der Waals surface area contributed by atoms with Crippen LogP contribution in [0.15, 0.2) is 48.5 Å². The molecule has 2 aromatic carbocycles. The first-order chi connectivity index (χ1) is 27.7. The van der Waals surface area contributed by atoms with Crippen LogP contribution < -0.4 is 21.3 Å². The van der Waals surface area contributed by atoms with Crippen LogP contribution in [-0.4, -0.2) is 118 Å². The van der Waals surface area contributed by atoms with Gasteiger partial charge >= 0.3 is 12.0 Å². The molecule has 4 saturated heterocycles. The van der Waals surface area contributed by atoms with Crippen molar-refractivity contribution < 1.29 is 38.3 Å². The van der Waals surface area contributed by atoms with Crippen LogP contribution in [0.2, 0.25) is 0 Å². The van der Waals surface area contributed by atoms with Gasteiger partial charge in [0.1, 0.15) is 42.4 Å². The number of anilines is 1. The zero-order chi connectivity index (χ0) is 41.7. The van der Waals surface area contributed by atoms with Crippen molar-refractivity contribution in [3.05, 3.63) is 65.2 Å². The van der Waals surface area contributed by atoms with Crippen LogP contribution in [-0.2, 0) is 46.3 Å². The molecule has 0 unspecified atom stereocenters. The molecular weight excluding hydrogens is 743 g/mol. The predicted octanol–water partition coefficient (Wildman–Crippen LogP) is 2.83. The third-order valence-corrected chi connectivity index (χ3v) is 11.8. The van der Waals surface area contributed by atoms with E-state index in [1.807, 2.05) is 57.2 Å². The molecule has 7 amide bonds. The number of nitrogens with zero attached hydrogens (tertiary/aromatic N) is 3. The minimum Gasteiger partial charge on any atom is -0.458 e. The molecule has 2 aromatic rings. The molecule has 4 aliphatic heterocycles. The van der Waals surface area contributed by atoms with Crippen LogP contribution in [0, 0.1) is 12.8 Å². The molecule has 4 N–H and O–H groups in total. The van der Waals surface area contributed by atoms with Crippen LogP contribution in [0.25, 0.3) is 0 Å². The molecule has 0 aliphatic carbocycles. The number of amides is 7. The van der Waals surface area contributed by atoms with Crippen molar-refractivity contribution in [3.8, 4) is 0 Å². The zero-order valence-electron chi connectivity index (χ0n) is 34.1. The molecule has 312 valence electrons. The molecule has 0 saturated carbocycles. The molecular formula is C43H57N7O8. The average Bonchev–Trinajstić information content (AvgIpc) is 3.86. The number of cyclic esters (lactones) is 1. The van der Waals surface area contributed by atoms with Gasteiger partial charge in [-0.1, -0.05) is 55.8 Å². The van der Waals surface area contributed by atoms with Gasteiger partial charge in [0.25, 0.3) is 0 Å². The topological polar surface area (TPSA) is 187 Å². The number of fused-ring (bicyclic) bond motifs is 3. The highest BCUT2D eigenvalue weighted by atomic mass is 16.5. The first kappa shape index (κ1) is 42.1. The minimum atomic E-state index is -1.47. The monoisotopic (exact) mass is 799 g/mol. The third kappa shape index (κ3) is 9.62. The Balaban J connectivity index is 1.32. The number of urea groups is 1. The molecule has 0 bridgehead atoms. The second-order valence-electron chi connectivity index (χ2n) is 16.3. The Kier molecular flexibility index (Phi) is 13.4. The number of rotatable bonds is 7. The van der Waals surface area contributed by atoms with Gasteiger partial charge in [-0.2, -0.15) is 0 Å². The lowest BCUT2D eigenvalue weighted by molar-refractivity contribution is -0.163. The van der Waals surface area contributed by atoms with E-state index < -0.39 is 78.0 Å². The standard InChI is InChI=1S/C43H57N7O8/c1-6-29-15-17-31(18-16-29)45-43(57)46-32(23-30-12-9-11-25(2)21-30)37(51)47-36-28(5)58-42(56)35-22-26(3)24-50(35)39(53)27(4)44-38(52)33-13-7-8-19-48(33)40(54)34-14-10-20-49(34)41(36)55/h9,11-12,15-18,21,26-28,32-36H,6-8,10,13-14,19-20,22-24H2,1-5H3,(H,44,52)(H,47,51)(H2,45,46,57)/t26-,27+,28+,32+,33+,34+,35+,36+/m1/s1. The van der Waals surface area contributed by atoms with Gasteiger partial charge in [-0.3, -0.25) is 24.0 Å². The van der Waals surface area contributed by atoms with Gasteiger partial charge in [0.15, 0.2) is 0 Å². The second-order valence-corrected chi connectivity index (χ2v) is 16.3. The van der Waals surface area contributed by atoms with Crippen LogP contribution in [0.4, 0.5) is 10.5 Å². The molecule has 0 spiro atoms. The fourth-order valence-electron chi connectivity index (χ4n) is 8.66. The molecule has 4 fully saturated rings. The number of aryl methyl sites for hydroxylation is 2. The average molecular weight is 800 g/mol. The van der Waals surface area contributed by atoms with Gasteiger partial charge in [-0.25, -0.2) is 9.59 Å². The Hall–Kier alpha value is -5.47. The van der Waals surface area contributed by atoms with Gasteiger partial charge in [-0.05, 0) is 94.9 Å². The summed E-state index contributed by atoms with van der Waals surface area (Å²) >= 11 is 0. The summed E-state index contributed by atoms with van der Waals surface area (Å²) in [7, 11) is 0. The van der Waals surface area contributed by atoms with Crippen LogP contribution in [0.5, 0.6) is 0 Å². The maximum absolute atomic E-state index is 14.8. The maximum Gasteiger partial charge on any atom is 0.329 e. The van der Waals surface area contributed by atoms with Crippen LogP contribution in [0.3, 0.4) is 0 Å². The summed E-state index contributed by atoms with van der Waals surface area (Å²) in [5, 5.41) is 11.2. The lowest BCUT2D eigenvalue weighted by Gasteiger charge is -2.39. The third-order valence-electron chi connectivity index (χ3n) is 11.8. The highest BCUT2D eigenvalue weighted by Gasteiger charge is 2.47. The normalized spacial score (nSPS) is 27.5. The summed E-state index contributed by atoms with van der Waals surface area (Å²) in [6.45, 7) is 9.70. The van der Waals surface area contributed by atoms with Gasteiger partial charge < -0.3 is 40.7 Å². The molecule has 15 nitrogen and oxygen atoms in total. The molecule has 0 radical (unpaired) electrons. The number of hydrogen-bond donors (Lipinski definition) is 4. The molecule has 0 aromatic heterocycles. The van der Waals surface area contributed by atoms with E-state index >= 15 is 0 Å². The number of esters is 1. The first-order valence-corrected chi connectivity index (χ1v) is 20.7.